The molecule has 0 saturated carbocycles. The maximum Gasteiger partial charge on any atom is 0.0690 e. The maximum atomic E-state index is 5.99. The summed E-state index contributed by atoms with van der Waals surface area (Å²) in [7, 11) is 0. The smallest absolute Gasteiger partial charge is 0.0690 e. The minimum absolute atomic E-state index is 0.725. The molecule has 0 nitrogen and oxygen atoms in total. The first-order valence-corrected chi connectivity index (χ1v) is 5.90. The number of hydrogen-bond acceptors (Lipinski definition) is 1. The highest BCUT2D eigenvalue weighted by Crippen LogP contribution is 2.35. The average Bonchev–Trinajstić information content (AvgIpc) is 1.99. The molecule has 0 unspecified atom stereocenters. The van der Waals surface area contributed by atoms with Crippen LogP contribution in [0.1, 0.15) is 0 Å². The molecular weight excluding hydrogens is 314 g/mol. The van der Waals surface area contributed by atoms with Crippen LogP contribution in [0.25, 0.3) is 0 Å². The van der Waals surface area contributed by atoms with Crippen molar-refractivity contribution in [2.24, 2.45) is 0 Å². The molecule has 0 amide bonds. The van der Waals surface area contributed by atoms with E-state index >= 15 is 0 Å². The lowest BCUT2D eigenvalue weighted by molar-refractivity contribution is 1.43. The summed E-state index contributed by atoms with van der Waals surface area (Å²) in [6, 6.07) is 3.77. The largest absolute Gasteiger partial charge is 0.126 e. The molecule has 0 radical (unpaired) electrons. The lowest BCUT2D eigenvalue weighted by atomic mass is 10.4. The van der Waals surface area contributed by atoms with Gasteiger partial charge in [-0.3, -0.25) is 0 Å². The maximum absolute atomic E-state index is 5.99. The predicted octanol–water partition coefficient (Wildman–Crippen LogP) is 4.32. The highest BCUT2D eigenvalue weighted by molar-refractivity contribution is 14.1. The molecule has 1 rings (SSSR count). The summed E-state index contributed by atoms with van der Waals surface area (Å²) in [6.45, 7) is 0. The van der Waals surface area contributed by atoms with Crippen molar-refractivity contribution in [2.45, 2.75) is 4.90 Å². The van der Waals surface area contributed by atoms with Gasteiger partial charge in [0.1, 0.15) is 0 Å². The molecule has 60 valence electrons. The van der Waals surface area contributed by atoms with Crippen LogP contribution in [0, 0.1) is 3.57 Å². The molecule has 1 aromatic carbocycles. The van der Waals surface area contributed by atoms with Gasteiger partial charge in [0.2, 0.25) is 0 Å². The van der Waals surface area contributed by atoms with Crippen LogP contribution in [0.4, 0.5) is 0 Å². The van der Waals surface area contributed by atoms with E-state index < -0.39 is 0 Å². The Kier molecular flexibility index (Phi) is 3.81. The number of rotatable bonds is 1. The molecule has 4 heteroatoms. The zero-order valence-electron chi connectivity index (χ0n) is 5.70. The second kappa shape index (κ2) is 4.21. The van der Waals surface area contributed by atoms with Crippen LogP contribution in [0.2, 0.25) is 10.0 Å². The second-order valence-corrected chi connectivity index (χ2v) is 4.64. The number of benzene rings is 1. The van der Waals surface area contributed by atoms with Gasteiger partial charge in [0.15, 0.2) is 0 Å². The molecule has 0 heterocycles. The molecule has 0 spiro atoms. The van der Waals surface area contributed by atoms with Crippen LogP contribution >= 0.6 is 57.6 Å². The van der Waals surface area contributed by atoms with Crippen LogP contribution in [-0.4, -0.2) is 6.26 Å². The molecule has 0 atom stereocenters. The van der Waals surface area contributed by atoms with Crippen molar-refractivity contribution in [1.82, 2.24) is 0 Å². The van der Waals surface area contributed by atoms with E-state index in [9.17, 15) is 0 Å². The fourth-order valence-corrected chi connectivity index (χ4v) is 2.71. The van der Waals surface area contributed by atoms with Crippen molar-refractivity contribution in [2.75, 3.05) is 6.26 Å². The van der Waals surface area contributed by atoms with E-state index in [4.69, 9.17) is 23.2 Å². The first-order chi connectivity index (χ1) is 5.16. The Hall–Kier alpha value is 0.880. The SMILES string of the molecule is CSc1c(Cl)ccc(I)c1Cl. The monoisotopic (exact) mass is 318 g/mol. The van der Waals surface area contributed by atoms with Crippen molar-refractivity contribution in [3.05, 3.63) is 25.7 Å². The van der Waals surface area contributed by atoms with Crippen molar-refractivity contribution in [1.29, 1.82) is 0 Å². The minimum atomic E-state index is 0.725. The van der Waals surface area contributed by atoms with E-state index in [1.165, 1.54) is 0 Å². The lowest BCUT2D eigenvalue weighted by Crippen LogP contribution is -1.79. The molecule has 11 heavy (non-hydrogen) atoms. The van der Waals surface area contributed by atoms with Gasteiger partial charge in [-0.05, 0) is 41.0 Å². The topological polar surface area (TPSA) is 0 Å². The summed E-state index contributed by atoms with van der Waals surface area (Å²) in [6.07, 6.45) is 1.96. The van der Waals surface area contributed by atoms with Gasteiger partial charge < -0.3 is 0 Å². The summed E-state index contributed by atoms with van der Waals surface area (Å²) in [5.41, 5.74) is 0. The first kappa shape index (κ1) is 9.96. The minimum Gasteiger partial charge on any atom is -0.126 e. The lowest BCUT2D eigenvalue weighted by Gasteiger charge is -2.04. The molecule has 0 aliphatic heterocycles. The van der Waals surface area contributed by atoms with E-state index in [0.29, 0.717) is 0 Å². The third-order valence-corrected chi connectivity index (χ3v) is 4.19. The molecule has 0 saturated heterocycles. The summed E-state index contributed by atoms with van der Waals surface area (Å²) in [4.78, 5) is 0.959. The van der Waals surface area contributed by atoms with E-state index in [-0.39, 0.29) is 0 Å². The fraction of sp³-hybridized carbons (Fsp3) is 0.143. The van der Waals surface area contributed by atoms with E-state index in [0.717, 1.165) is 18.5 Å². The van der Waals surface area contributed by atoms with E-state index in [2.05, 4.69) is 22.6 Å². The zero-order valence-corrected chi connectivity index (χ0v) is 10.2. The van der Waals surface area contributed by atoms with Crippen LogP contribution in [0.3, 0.4) is 0 Å². The number of thioether (sulfide) groups is 1. The molecule has 0 aliphatic carbocycles. The molecule has 1 aromatic rings. The van der Waals surface area contributed by atoms with Crippen molar-refractivity contribution >= 4 is 57.6 Å². The van der Waals surface area contributed by atoms with Crippen molar-refractivity contribution in [3.8, 4) is 0 Å². The van der Waals surface area contributed by atoms with Gasteiger partial charge in [-0.2, -0.15) is 0 Å². The molecule has 0 aliphatic rings. The zero-order chi connectivity index (χ0) is 8.43. The normalized spacial score (nSPS) is 10.2. The third-order valence-electron chi connectivity index (χ3n) is 1.21. The first-order valence-electron chi connectivity index (χ1n) is 2.84. The van der Waals surface area contributed by atoms with Crippen molar-refractivity contribution < 1.29 is 0 Å². The Bertz CT molecular complexity index is 275. The third kappa shape index (κ3) is 2.17. The van der Waals surface area contributed by atoms with Gasteiger partial charge in [0, 0.05) is 8.47 Å². The Labute approximate surface area is 93.8 Å². The van der Waals surface area contributed by atoms with Crippen molar-refractivity contribution in [3.63, 3.8) is 0 Å². The van der Waals surface area contributed by atoms with Crippen LogP contribution in [-0.2, 0) is 0 Å². The Morgan fingerprint density at radius 3 is 2.45 bits per heavy atom. The van der Waals surface area contributed by atoms with Gasteiger partial charge in [0.25, 0.3) is 0 Å². The van der Waals surface area contributed by atoms with Crippen LogP contribution in [0.5, 0.6) is 0 Å². The Morgan fingerprint density at radius 2 is 2.00 bits per heavy atom. The quantitative estimate of drug-likeness (QED) is 0.422. The highest BCUT2D eigenvalue weighted by Gasteiger charge is 2.06. The Balaban J connectivity index is 3.29. The fourth-order valence-electron chi connectivity index (χ4n) is 0.696. The van der Waals surface area contributed by atoms with Crippen LogP contribution < -0.4 is 0 Å². The molecule has 0 N–H and O–H groups in total. The van der Waals surface area contributed by atoms with Gasteiger partial charge >= 0.3 is 0 Å². The van der Waals surface area contributed by atoms with Gasteiger partial charge in [-0.1, -0.05) is 23.2 Å². The molecular formula is C7H5Cl2IS. The standard InChI is InChI=1S/C7H5Cl2IS/c1-11-7-4(8)2-3-5(10)6(7)9/h2-3H,1H3. The summed E-state index contributed by atoms with van der Waals surface area (Å²) >= 11 is 15.6. The second-order valence-electron chi connectivity index (χ2n) is 1.88. The molecule has 0 fully saturated rings. The number of hydrogen-bond donors (Lipinski definition) is 0. The molecule has 0 bridgehead atoms. The van der Waals surface area contributed by atoms with Gasteiger partial charge in [0.05, 0.1) is 10.0 Å². The number of halogens is 3. The van der Waals surface area contributed by atoms with E-state index in [1.807, 2.05) is 18.4 Å². The molecule has 0 aromatic heterocycles. The highest BCUT2D eigenvalue weighted by atomic mass is 127. The predicted molar refractivity (Wildman–Crippen MR) is 61.0 cm³/mol. The van der Waals surface area contributed by atoms with E-state index in [1.54, 1.807) is 11.8 Å². The average molecular weight is 319 g/mol. The van der Waals surface area contributed by atoms with Gasteiger partial charge in [-0.15, -0.1) is 11.8 Å². The Morgan fingerprint density at radius 1 is 1.36 bits per heavy atom. The summed E-state index contributed by atoms with van der Waals surface area (Å²) < 4.78 is 1.04. The summed E-state index contributed by atoms with van der Waals surface area (Å²) in [5.74, 6) is 0. The summed E-state index contributed by atoms with van der Waals surface area (Å²) in [5, 5.41) is 1.48. The van der Waals surface area contributed by atoms with Gasteiger partial charge in [-0.25, -0.2) is 0 Å². The van der Waals surface area contributed by atoms with Crippen LogP contribution in [0.15, 0.2) is 17.0 Å².